The molecule has 0 aliphatic carbocycles. The molecular weight excluding hydrogens is 404 g/mol. The van der Waals surface area contributed by atoms with Crippen molar-refractivity contribution in [3.63, 3.8) is 0 Å². The average Bonchev–Trinajstić information content (AvgIpc) is 2.78. The van der Waals surface area contributed by atoms with Crippen molar-refractivity contribution in [1.82, 2.24) is 25.3 Å². The molecule has 164 valence electrons. The molecule has 0 atom stereocenters. The number of fused-ring (bicyclic) bond motifs is 2. The molecule has 4 heterocycles. The van der Waals surface area contributed by atoms with Crippen molar-refractivity contribution in [1.29, 1.82) is 0 Å². The summed E-state index contributed by atoms with van der Waals surface area (Å²) in [6.07, 6.45) is 1.59. The van der Waals surface area contributed by atoms with Crippen molar-refractivity contribution in [2.45, 2.75) is 19.3 Å². The maximum absolute atomic E-state index is 13.0. The van der Waals surface area contributed by atoms with Gasteiger partial charge >= 0.3 is 0 Å². The van der Waals surface area contributed by atoms with Crippen molar-refractivity contribution >= 4 is 39.6 Å². The Kier molecular flexibility index (Phi) is 6.37. The van der Waals surface area contributed by atoms with Gasteiger partial charge in [-0.15, -0.1) is 0 Å². The molecule has 0 aromatic carbocycles. The molecule has 0 spiro atoms. The second-order valence-electron chi connectivity index (χ2n) is 7.71. The zero-order chi connectivity index (χ0) is 22.5. The van der Waals surface area contributed by atoms with Gasteiger partial charge in [0.15, 0.2) is 11.3 Å². The highest BCUT2D eigenvalue weighted by molar-refractivity contribution is 5.80. The topological polar surface area (TPSA) is 159 Å². The number of carbonyl (C=O) groups excluding carboxylic acids is 1. The first-order chi connectivity index (χ1) is 15.5. The first kappa shape index (κ1) is 21.4. The van der Waals surface area contributed by atoms with Gasteiger partial charge in [-0.1, -0.05) is 0 Å². The Morgan fingerprint density at radius 3 is 1.78 bits per heavy atom. The van der Waals surface area contributed by atoms with Gasteiger partial charge in [0, 0.05) is 47.5 Å². The fourth-order valence-corrected chi connectivity index (χ4v) is 3.55. The second kappa shape index (κ2) is 9.52. The van der Waals surface area contributed by atoms with Gasteiger partial charge in [-0.05, 0) is 61.5 Å². The quantitative estimate of drug-likeness (QED) is 0.307. The maximum Gasteiger partial charge on any atom is 0.223 e. The van der Waals surface area contributed by atoms with Gasteiger partial charge in [0.2, 0.25) is 5.91 Å². The summed E-state index contributed by atoms with van der Waals surface area (Å²) in [6.45, 7) is 1.04. The standard InChI is InChI=1S/C23H26N8O/c24-10-1-11-27-23(32)16(12-17-6-2-14-4-8-19(25)30-21(14)28-17)13-18-7-3-15-5-9-20(26)31-22(15)29-18/h2-9,16H,1,10-13,24H2,(H,27,32)(H2,25,28,30)(H2,26,29,31). The lowest BCUT2D eigenvalue weighted by molar-refractivity contribution is -0.125. The molecular formula is C23H26N8O. The Morgan fingerprint density at radius 1 is 0.781 bits per heavy atom. The summed E-state index contributed by atoms with van der Waals surface area (Å²) < 4.78 is 0. The molecule has 32 heavy (non-hydrogen) atoms. The number of hydrogen-bond donors (Lipinski definition) is 4. The number of nitrogens with zero attached hydrogens (tertiary/aromatic N) is 4. The van der Waals surface area contributed by atoms with Crippen LogP contribution in [0.5, 0.6) is 0 Å². The first-order valence-corrected chi connectivity index (χ1v) is 10.5. The smallest absolute Gasteiger partial charge is 0.223 e. The normalized spacial score (nSPS) is 11.3. The van der Waals surface area contributed by atoms with Crippen LogP contribution in [-0.2, 0) is 17.6 Å². The molecule has 0 bridgehead atoms. The third-order valence-corrected chi connectivity index (χ3v) is 5.23. The van der Waals surface area contributed by atoms with Gasteiger partial charge in [0.1, 0.15) is 11.6 Å². The lowest BCUT2D eigenvalue weighted by Gasteiger charge is -2.17. The molecule has 0 radical (unpaired) electrons. The predicted octanol–water partition coefficient (Wildman–Crippen LogP) is 1.60. The molecule has 0 fully saturated rings. The summed E-state index contributed by atoms with van der Waals surface area (Å²) in [5.41, 5.74) is 19.8. The molecule has 4 aromatic heterocycles. The molecule has 0 saturated carbocycles. The highest BCUT2D eigenvalue weighted by Gasteiger charge is 2.21. The van der Waals surface area contributed by atoms with Crippen LogP contribution in [0.4, 0.5) is 11.6 Å². The van der Waals surface area contributed by atoms with Crippen LogP contribution in [0.1, 0.15) is 17.8 Å². The van der Waals surface area contributed by atoms with Gasteiger partial charge in [-0.25, -0.2) is 19.9 Å². The Labute approximate surface area is 185 Å². The van der Waals surface area contributed by atoms with E-state index in [4.69, 9.17) is 17.2 Å². The van der Waals surface area contributed by atoms with E-state index < -0.39 is 0 Å². The summed E-state index contributed by atoms with van der Waals surface area (Å²) in [7, 11) is 0. The molecule has 0 unspecified atom stereocenters. The first-order valence-electron chi connectivity index (χ1n) is 10.5. The fraction of sp³-hybridized carbons (Fsp3) is 0.261. The van der Waals surface area contributed by atoms with E-state index in [0.29, 0.717) is 55.3 Å². The Morgan fingerprint density at radius 2 is 1.28 bits per heavy atom. The number of nitrogen functional groups attached to an aromatic ring is 2. The number of carbonyl (C=O) groups is 1. The van der Waals surface area contributed by atoms with Crippen molar-refractivity contribution in [2.75, 3.05) is 24.6 Å². The molecule has 4 aromatic rings. The number of nitrogens with one attached hydrogen (secondary N) is 1. The van der Waals surface area contributed by atoms with E-state index >= 15 is 0 Å². The van der Waals surface area contributed by atoms with E-state index in [0.717, 1.165) is 22.2 Å². The average molecular weight is 431 g/mol. The SMILES string of the molecule is NCCCNC(=O)C(Cc1ccc2ccc(N)nc2n1)Cc1ccc2ccc(N)nc2n1. The lowest BCUT2D eigenvalue weighted by Crippen LogP contribution is -2.34. The van der Waals surface area contributed by atoms with Crippen LogP contribution in [0.3, 0.4) is 0 Å². The lowest BCUT2D eigenvalue weighted by atomic mass is 9.95. The van der Waals surface area contributed by atoms with Crippen LogP contribution in [0.2, 0.25) is 0 Å². The van der Waals surface area contributed by atoms with Crippen LogP contribution >= 0.6 is 0 Å². The summed E-state index contributed by atoms with van der Waals surface area (Å²) in [6, 6.07) is 14.9. The number of nitrogens with two attached hydrogens (primary N) is 3. The summed E-state index contributed by atoms with van der Waals surface area (Å²) >= 11 is 0. The number of pyridine rings is 4. The van der Waals surface area contributed by atoms with E-state index in [1.165, 1.54) is 0 Å². The number of amides is 1. The number of aromatic nitrogens is 4. The largest absolute Gasteiger partial charge is 0.384 e. The van der Waals surface area contributed by atoms with E-state index in [-0.39, 0.29) is 11.8 Å². The second-order valence-corrected chi connectivity index (χ2v) is 7.71. The zero-order valence-corrected chi connectivity index (χ0v) is 17.7. The third kappa shape index (κ3) is 5.06. The predicted molar refractivity (Wildman–Crippen MR) is 125 cm³/mol. The van der Waals surface area contributed by atoms with Gasteiger partial charge < -0.3 is 22.5 Å². The molecule has 0 aliphatic heterocycles. The van der Waals surface area contributed by atoms with Crippen LogP contribution in [0.15, 0.2) is 48.5 Å². The third-order valence-electron chi connectivity index (χ3n) is 5.23. The molecule has 4 rings (SSSR count). The minimum Gasteiger partial charge on any atom is -0.384 e. The summed E-state index contributed by atoms with van der Waals surface area (Å²) in [4.78, 5) is 30.8. The number of anilines is 2. The van der Waals surface area contributed by atoms with Crippen molar-refractivity contribution in [3.05, 3.63) is 59.9 Å². The fourth-order valence-electron chi connectivity index (χ4n) is 3.55. The highest BCUT2D eigenvalue weighted by Crippen LogP contribution is 2.19. The monoisotopic (exact) mass is 430 g/mol. The van der Waals surface area contributed by atoms with Crippen LogP contribution in [0, 0.1) is 5.92 Å². The Balaban J connectivity index is 1.60. The molecule has 9 heteroatoms. The van der Waals surface area contributed by atoms with E-state index in [1.807, 2.05) is 36.4 Å². The minimum absolute atomic E-state index is 0.0664. The van der Waals surface area contributed by atoms with Gasteiger partial charge in [-0.3, -0.25) is 4.79 Å². The van der Waals surface area contributed by atoms with E-state index in [9.17, 15) is 4.79 Å². The van der Waals surface area contributed by atoms with Crippen molar-refractivity contribution < 1.29 is 4.79 Å². The molecule has 0 saturated heterocycles. The molecule has 1 amide bonds. The number of hydrogen-bond acceptors (Lipinski definition) is 8. The van der Waals surface area contributed by atoms with Crippen LogP contribution in [0.25, 0.3) is 22.1 Å². The molecule has 9 nitrogen and oxygen atoms in total. The van der Waals surface area contributed by atoms with Crippen molar-refractivity contribution in [3.8, 4) is 0 Å². The highest BCUT2D eigenvalue weighted by atomic mass is 16.1. The van der Waals surface area contributed by atoms with E-state index in [2.05, 4.69) is 25.3 Å². The van der Waals surface area contributed by atoms with Gasteiger partial charge in [-0.2, -0.15) is 0 Å². The van der Waals surface area contributed by atoms with Gasteiger partial charge in [0.25, 0.3) is 0 Å². The zero-order valence-electron chi connectivity index (χ0n) is 17.7. The minimum atomic E-state index is -0.371. The maximum atomic E-state index is 13.0. The van der Waals surface area contributed by atoms with Crippen LogP contribution < -0.4 is 22.5 Å². The van der Waals surface area contributed by atoms with Gasteiger partial charge in [0.05, 0.1) is 0 Å². The molecule has 7 N–H and O–H groups in total. The van der Waals surface area contributed by atoms with Crippen LogP contribution in [-0.4, -0.2) is 38.9 Å². The Hall–Kier alpha value is -3.85. The van der Waals surface area contributed by atoms with E-state index in [1.54, 1.807) is 12.1 Å². The summed E-state index contributed by atoms with van der Waals surface area (Å²) in [5, 5.41) is 4.76. The Bertz CT molecular complexity index is 1170. The molecule has 0 aliphatic rings. The number of rotatable bonds is 8. The summed E-state index contributed by atoms with van der Waals surface area (Å²) in [5.74, 6) is 0.379. The van der Waals surface area contributed by atoms with Crippen molar-refractivity contribution in [2.24, 2.45) is 11.7 Å².